The van der Waals surface area contributed by atoms with Crippen LogP contribution in [0.3, 0.4) is 0 Å². The fourth-order valence-electron chi connectivity index (χ4n) is 2.20. The number of hydrogen-bond donors (Lipinski definition) is 0. The molecule has 16 heavy (non-hydrogen) atoms. The molecule has 0 fully saturated rings. The highest BCUT2D eigenvalue weighted by Gasteiger charge is 2.41. The first-order valence-electron chi connectivity index (χ1n) is 5.39. The van der Waals surface area contributed by atoms with Gasteiger partial charge in [-0.1, -0.05) is 37.3 Å². The molecule has 0 aliphatic heterocycles. The average molecular weight is 210 g/mol. The van der Waals surface area contributed by atoms with Crippen molar-refractivity contribution in [2.45, 2.75) is 19.3 Å². The van der Waals surface area contributed by atoms with Crippen molar-refractivity contribution in [1.82, 2.24) is 0 Å². The number of ketones is 1. The van der Waals surface area contributed by atoms with Gasteiger partial charge in [0.25, 0.3) is 0 Å². The van der Waals surface area contributed by atoms with Crippen LogP contribution in [0.2, 0.25) is 0 Å². The molecule has 2 atom stereocenters. The van der Waals surface area contributed by atoms with Crippen LogP contribution < -0.4 is 0 Å². The molecule has 0 aromatic heterocycles. The molecule has 1 aromatic carbocycles. The van der Waals surface area contributed by atoms with Crippen LogP contribution in [0.5, 0.6) is 0 Å². The van der Waals surface area contributed by atoms with Crippen molar-refractivity contribution in [3.8, 4) is 12.3 Å². The first-order chi connectivity index (χ1) is 7.60. The smallest absolute Gasteiger partial charge is 0.167 e. The molecule has 0 amide bonds. The van der Waals surface area contributed by atoms with Gasteiger partial charge in [0.1, 0.15) is 0 Å². The molecule has 1 aliphatic rings. The second-order valence-electron chi connectivity index (χ2n) is 4.38. The van der Waals surface area contributed by atoms with Gasteiger partial charge in [0.15, 0.2) is 5.78 Å². The van der Waals surface area contributed by atoms with Crippen molar-refractivity contribution in [2.75, 3.05) is 0 Å². The number of carbonyl (C=O) groups is 1. The Balaban J connectivity index is 2.67. The monoisotopic (exact) mass is 210 g/mol. The van der Waals surface area contributed by atoms with Crippen molar-refractivity contribution >= 4 is 11.9 Å². The Bertz CT molecular complexity index is 504. The Kier molecular flexibility index (Phi) is 2.44. The molecule has 1 aliphatic carbocycles. The third-order valence-corrected chi connectivity index (χ3v) is 3.56. The number of hydrogen-bond acceptors (Lipinski definition) is 1. The van der Waals surface area contributed by atoms with Crippen LogP contribution in [0.15, 0.2) is 30.3 Å². The molecule has 1 heteroatoms. The van der Waals surface area contributed by atoms with E-state index in [1.54, 1.807) is 6.08 Å². The van der Waals surface area contributed by atoms with Gasteiger partial charge < -0.3 is 0 Å². The summed E-state index contributed by atoms with van der Waals surface area (Å²) in [7, 11) is 0. The number of carbonyl (C=O) groups excluding carboxylic acids is 1. The van der Waals surface area contributed by atoms with Crippen LogP contribution >= 0.6 is 0 Å². The van der Waals surface area contributed by atoms with Crippen LogP contribution in [0.4, 0.5) is 0 Å². The highest BCUT2D eigenvalue weighted by atomic mass is 16.1. The van der Waals surface area contributed by atoms with E-state index in [1.807, 2.05) is 44.2 Å². The maximum absolute atomic E-state index is 12.1. The van der Waals surface area contributed by atoms with Crippen LogP contribution in [0.25, 0.3) is 6.08 Å². The van der Waals surface area contributed by atoms with Gasteiger partial charge in [0.2, 0.25) is 0 Å². The van der Waals surface area contributed by atoms with Crippen molar-refractivity contribution in [3.05, 3.63) is 41.5 Å². The van der Waals surface area contributed by atoms with Gasteiger partial charge in [-0.3, -0.25) is 4.79 Å². The summed E-state index contributed by atoms with van der Waals surface area (Å²) in [5, 5.41) is 0. The Morgan fingerprint density at radius 3 is 2.69 bits per heavy atom. The van der Waals surface area contributed by atoms with Crippen LogP contribution in [-0.4, -0.2) is 5.78 Å². The highest BCUT2D eigenvalue weighted by molar-refractivity contribution is 6.05. The zero-order valence-corrected chi connectivity index (χ0v) is 9.53. The van der Waals surface area contributed by atoms with Gasteiger partial charge >= 0.3 is 0 Å². The number of allylic oxidation sites excluding steroid dienone is 1. The maximum atomic E-state index is 12.1. The minimum Gasteiger partial charge on any atom is -0.294 e. The summed E-state index contributed by atoms with van der Waals surface area (Å²) in [6.07, 6.45) is 8.98. The van der Waals surface area contributed by atoms with E-state index >= 15 is 0 Å². The van der Waals surface area contributed by atoms with E-state index in [9.17, 15) is 4.79 Å². The van der Waals surface area contributed by atoms with Crippen molar-refractivity contribution in [1.29, 1.82) is 0 Å². The minimum atomic E-state index is -0.583. The van der Waals surface area contributed by atoms with E-state index in [4.69, 9.17) is 6.42 Å². The third-order valence-electron chi connectivity index (χ3n) is 3.56. The van der Waals surface area contributed by atoms with E-state index in [0.29, 0.717) is 0 Å². The number of terminal acetylenes is 1. The molecule has 0 bridgehead atoms. The number of rotatable bonds is 1. The molecule has 0 N–H and O–H groups in total. The van der Waals surface area contributed by atoms with Gasteiger partial charge in [-0.2, -0.15) is 0 Å². The SMILES string of the molecule is C#C[C@H](C)[C@]1(C)C(=O)C=Cc2ccccc21. The predicted molar refractivity (Wildman–Crippen MR) is 65.8 cm³/mol. The van der Waals surface area contributed by atoms with Crippen LogP contribution in [0.1, 0.15) is 25.0 Å². The summed E-state index contributed by atoms with van der Waals surface area (Å²) < 4.78 is 0. The normalized spacial score (nSPS) is 24.7. The molecular formula is C15H14O. The van der Waals surface area contributed by atoms with Crippen molar-refractivity contribution < 1.29 is 4.79 Å². The molecule has 1 aromatic rings. The van der Waals surface area contributed by atoms with Gasteiger partial charge in [0.05, 0.1) is 5.41 Å². The Hall–Kier alpha value is -1.81. The van der Waals surface area contributed by atoms with Crippen LogP contribution in [0, 0.1) is 18.3 Å². The first-order valence-corrected chi connectivity index (χ1v) is 5.39. The molecule has 0 radical (unpaired) electrons. The van der Waals surface area contributed by atoms with Gasteiger partial charge in [-0.25, -0.2) is 0 Å². The molecule has 0 saturated carbocycles. The lowest BCUT2D eigenvalue weighted by Gasteiger charge is -2.34. The molecule has 0 saturated heterocycles. The summed E-state index contributed by atoms with van der Waals surface area (Å²) in [6.45, 7) is 3.86. The first kappa shape index (κ1) is 10.7. The number of benzene rings is 1. The fourth-order valence-corrected chi connectivity index (χ4v) is 2.20. The topological polar surface area (TPSA) is 17.1 Å². The lowest BCUT2D eigenvalue weighted by molar-refractivity contribution is -0.120. The van der Waals surface area contributed by atoms with E-state index < -0.39 is 5.41 Å². The van der Waals surface area contributed by atoms with Gasteiger partial charge in [-0.15, -0.1) is 12.3 Å². The maximum Gasteiger partial charge on any atom is 0.167 e. The summed E-state index contributed by atoms with van der Waals surface area (Å²) in [5.74, 6) is 2.68. The summed E-state index contributed by atoms with van der Waals surface area (Å²) in [4.78, 5) is 12.1. The standard InChI is InChI=1S/C15H14O/c1-4-11(2)15(3)13-8-6-5-7-12(13)9-10-14(15)16/h1,5-11H,2-3H3/t11-,15-/m0/s1. The quantitative estimate of drug-likeness (QED) is 0.651. The largest absolute Gasteiger partial charge is 0.294 e. The average Bonchev–Trinajstić information content (AvgIpc) is 2.33. The fraction of sp³-hybridized carbons (Fsp3) is 0.267. The molecule has 0 spiro atoms. The Labute approximate surface area is 96.2 Å². The molecule has 0 unspecified atom stereocenters. The Morgan fingerprint density at radius 2 is 2.00 bits per heavy atom. The van der Waals surface area contributed by atoms with E-state index in [2.05, 4.69) is 5.92 Å². The third kappa shape index (κ3) is 1.31. The molecule has 80 valence electrons. The van der Waals surface area contributed by atoms with Crippen molar-refractivity contribution in [2.24, 2.45) is 5.92 Å². The predicted octanol–water partition coefficient (Wildman–Crippen LogP) is 2.81. The second kappa shape index (κ2) is 3.64. The lowest BCUT2D eigenvalue weighted by Crippen LogP contribution is -2.39. The lowest BCUT2D eigenvalue weighted by atomic mass is 9.66. The van der Waals surface area contributed by atoms with Crippen LogP contribution in [-0.2, 0) is 10.2 Å². The highest BCUT2D eigenvalue weighted by Crippen LogP contribution is 2.38. The zero-order valence-electron chi connectivity index (χ0n) is 9.53. The number of fused-ring (bicyclic) bond motifs is 1. The van der Waals surface area contributed by atoms with Crippen molar-refractivity contribution in [3.63, 3.8) is 0 Å². The second-order valence-corrected chi connectivity index (χ2v) is 4.38. The Morgan fingerprint density at radius 1 is 1.31 bits per heavy atom. The molecular weight excluding hydrogens is 196 g/mol. The van der Waals surface area contributed by atoms with E-state index in [1.165, 1.54) is 0 Å². The van der Waals surface area contributed by atoms with E-state index in [0.717, 1.165) is 11.1 Å². The molecule has 1 nitrogen and oxygen atoms in total. The zero-order chi connectivity index (χ0) is 11.8. The molecule has 0 heterocycles. The minimum absolute atomic E-state index is 0.0941. The summed E-state index contributed by atoms with van der Waals surface area (Å²) in [5.41, 5.74) is 1.54. The van der Waals surface area contributed by atoms with E-state index in [-0.39, 0.29) is 11.7 Å². The van der Waals surface area contributed by atoms with Gasteiger partial charge in [-0.05, 0) is 24.1 Å². The molecule has 2 rings (SSSR count). The summed E-state index contributed by atoms with van der Waals surface area (Å²) in [6, 6.07) is 7.93. The van der Waals surface area contributed by atoms with Gasteiger partial charge in [0, 0.05) is 5.92 Å². The summed E-state index contributed by atoms with van der Waals surface area (Å²) >= 11 is 0.